The molecule has 0 radical (unpaired) electrons. The van der Waals surface area contributed by atoms with Gasteiger partial charge in [-0.2, -0.15) is 0 Å². The molecule has 1 aliphatic rings. The molecule has 4 rings (SSSR count). The second-order valence-electron chi connectivity index (χ2n) is 6.39. The minimum absolute atomic E-state index is 0.155. The standard InChI is InChI=1S/C17H17N3O4/c1-9-14-15(19-24-9)12-5-6-18-8-13(12)20(16(14)21)11-4-2-3-10(7-11)17(22)23/h5-6,8,10-11H,2-4,7H2,1H3,(H,22,23). The number of hydrogen-bond acceptors (Lipinski definition) is 5. The second-order valence-corrected chi connectivity index (χ2v) is 6.39. The van der Waals surface area contributed by atoms with E-state index in [1.54, 1.807) is 23.9 Å². The Kier molecular flexibility index (Phi) is 3.37. The summed E-state index contributed by atoms with van der Waals surface area (Å²) in [6.07, 6.45) is 5.98. The van der Waals surface area contributed by atoms with Crippen LogP contribution in [0, 0.1) is 12.8 Å². The second kappa shape index (κ2) is 5.43. The molecular formula is C17H17N3O4. The van der Waals surface area contributed by atoms with Crippen molar-refractivity contribution in [1.82, 2.24) is 14.7 Å². The molecule has 3 aromatic heterocycles. The van der Waals surface area contributed by atoms with Crippen LogP contribution in [0.3, 0.4) is 0 Å². The maximum Gasteiger partial charge on any atom is 0.306 e. The zero-order valence-corrected chi connectivity index (χ0v) is 13.2. The zero-order chi connectivity index (χ0) is 16.8. The van der Waals surface area contributed by atoms with Crippen LogP contribution in [-0.2, 0) is 4.79 Å². The smallest absolute Gasteiger partial charge is 0.306 e. The van der Waals surface area contributed by atoms with Crippen LogP contribution in [0.1, 0.15) is 37.5 Å². The number of aryl methyl sites for hydroxylation is 1. The molecule has 7 heteroatoms. The first-order valence-corrected chi connectivity index (χ1v) is 8.05. The van der Waals surface area contributed by atoms with Gasteiger partial charge in [-0.05, 0) is 32.3 Å². The number of carboxylic acids is 1. The number of aromatic nitrogens is 3. The number of carboxylic acid groups (broad SMARTS) is 1. The summed E-state index contributed by atoms with van der Waals surface area (Å²) in [5.41, 5.74) is 1.04. The average molecular weight is 327 g/mol. The van der Waals surface area contributed by atoms with Crippen molar-refractivity contribution in [3.63, 3.8) is 0 Å². The number of pyridine rings is 2. The zero-order valence-electron chi connectivity index (χ0n) is 13.2. The van der Waals surface area contributed by atoms with Crippen LogP contribution in [0.15, 0.2) is 27.8 Å². The Bertz CT molecular complexity index is 1000. The third-order valence-corrected chi connectivity index (χ3v) is 4.97. The predicted molar refractivity (Wildman–Crippen MR) is 86.9 cm³/mol. The topological polar surface area (TPSA) is 98.2 Å². The van der Waals surface area contributed by atoms with Crippen LogP contribution in [0.4, 0.5) is 0 Å². The van der Waals surface area contributed by atoms with Crippen molar-refractivity contribution in [2.75, 3.05) is 0 Å². The number of hydrogen-bond donors (Lipinski definition) is 1. The number of aliphatic carboxylic acids is 1. The van der Waals surface area contributed by atoms with E-state index in [1.165, 1.54) is 0 Å². The summed E-state index contributed by atoms with van der Waals surface area (Å²) >= 11 is 0. The van der Waals surface area contributed by atoms with Gasteiger partial charge in [0.05, 0.1) is 17.6 Å². The van der Waals surface area contributed by atoms with Gasteiger partial charge >= 0.3 is 5.97 Å². The Balaban J connectivity index is 1.99. The first kappa shape index (κ1) is 14.9. The van der Waals surface area contributed by atoms with Crippen molar-refractivity contribution in [1.29, 1.82) is 0 Å². The third kappa shape index (κ3) is 2.11. The lowest BCUT2D eigenvalue weighted by molar-refractivity contribution is -0.143. The molecular weight excluding hydrogens is 310 g/mol. The van der Waals surface area contributed by atoms with Crippen molar-refractivity contribution in [2.45, 2.75) is 38.6 Å². The van der Waals surface area contributed by atoms with Crippen LogP contribution in [0.25, 0.3) is 21.8 Å². The normalized spacial score (nSPS) is 21.4. The predicted octanol–water partition coefficient (Wildman–Crippen LogP) is 2.66. The highest BCUT2D eigenvalue weighted by Crippen LogP contribution is 2.35. The van der Waals surface area contributed by atoms with Gasteiger partial charge < -0.3 is 14.2 Å². The largest absolute Gasteiger partial charge is 0.481 e. The van der Waals surface area contributed by atoms with Crippen LogP contribution < -0.4 is 5.56 Å². The van der Waals surface area contributed by atoms with E-state index in [0.29, 0.717) is 35.0 Å². The van der Waals surface area contributed by atoms with Crippen LogP contribution in [-0.4, -0.2) is 25.8 Å². The lowest BCUT2D eigenvalue weighted by atomic mass is 9.85. The van der Waals surface area contributed by atoms with Gasteiger partial charge in [-0.25, -0.2) is 0 Å². The summed E-state index contributed by atoms with van der Waals surface area (Å²) in [4.78, 5) is 28.6. The van der Waals surface area contributed by atoms with Gasteiger partial charge in [-0.3, -0.25) is 14.6 Å². The van der Waals surface area contributed by atoms with Crippen molar-refractivity contribution in [3.8, 4) is 0 Å². The molecule has 3 heterocycles. The molecule has 2 unspecified atom stereocenters. The van der Waals surface area contributed by atoms with Gasteiger partial charge in [0, 0.05) is 17.6 Å². The highest BCUT2D eigenvalue weighted by molar-refractivity contribution is 6.03. The quantitative estimate of drug-likeness (QED) is 0.777. The van der Waals surface area contributed by atoms with Gasteiger partial charge in [-0.15, -0.1) is 0 Å². The Hall–Kier alpha value is -2.70. The third-order valence-electron chi connectivity index (χ3n) is 4.97. The lowest BCUT2D eigenvalue weighted by Gasteiger charge is -2.29. The minimum atomic E-state index is -0.794. The molecule has 0 spiro atoms. The average Bonchev–Trinajstić information content (AvgIpc) is 2.98. The van der Waals surface area contributed by atoms with Crippen molar-refractivity contribution in [3.05, 3.63) is 34.6 Å². The van der Waals surface area contributed by atoms with Gasteiger partial charge in [0.2, 0.25) is 0 Å². The molecule has 1 saturated carbocycles. The summed E-state index contributed by atoms with van der Waals surface area (Å²) in [6, 6.07) is 1.66. The lowest BCUT2D eigenvalue weighted by Crippen LogP contribution is -2.31. The first-order chi connectivity index (χ1) is 11.6. The van der Waals surface area contributed by atoms with Crippen LogP contribution >= 0.6 is 0 Å². The number of fused-ring (bicyclic) bond motifs is 3. The summed E-state index contributed by atoms with van der Waals surface area (Å²) in [5, 5.41) is 14.6. The Morgan fingerprint density at radius 2 is 2.25 bits per heavy atom. The van der Waals surface area contributed by atoms with Crippen molar-refractivity contribution < 1.29 is 14.4 Å². The van der Waals surface area contributed by atoms with E-state index >= 15 is 0 Å². The minimum Gasteiger partial charge on any atom is -0.481 e. The van der Waals surface area contributed by atoms with E-state index in [2.05, 4.69) is 10.1 Å². The Morgan fingerprint density at radius 1 is 1.42 bits per heavy atom. The van der Waals surface area contributed by atoms with Gasteiger partial charge in [0.1, 0.15) is 16.7 Å². The van der Waals surface area contributed by atoms with E-state index in [1.807, 2.05) is 6.07 Å². The fraction of sp³-hybridized carbons (Fsp3) is 0.412. The van der Waals surface area contributed by atoms with E-state index in [4.69, 9.17) is 4.52 Å². The van der Waals surface area contributed by atoms with Gasteiger partial charge in [-0.1, -0.05) is 11.6 Å². The fourth-order valence-electron chi connectivity index (χ4n) is 3.80. The molecule has 0 amide bonds. The number of carbonyl (C=O) groups is 1. The Morgan fingerprint density at radius 3 is 3.04 bits per heavy atom. The molecule has 0 aromatic carbocycles. The molecule has 124 valence electrons. The van der Waals surface area contributed by atoms with Crippen molar-refractivity contribution in [2.24, 2.45) is 5.92 Å². The monoisotopic (exact) mass is 327 g/mol. The molecule has 3 aromatic rings. The van der Waals surface area contributed by atoms with Gasteiger partial charge in [0.15, 0.2) is 0 Å². The van der Waals surface area contributed by atoms with Gasteiger partial charge in [0.25, 0.3) is 5.56 Å². The number of rotatable bonds is 2. The van der Waals surface area contributed by atoms with E-state index < -0.39 is 11.9 Å². The summed E-state index contributed by atoms with van der Waals surface area (Å²) < 4.78 is 6.93. The molecule has 1 fully saturated rings. The molecule has 24 heavy (non-hydrogen) atoms. The van der Waals surface area contributed by atoms with Crippen molar-refractivity contribution >= 4 is 27.8 Å². The highest BCUT2D eigenvalue weighted by Gasteiger charge is 2.30. The molecule has 1 N–H and O–H groups in total. The molecule has 0 aliphatic heterocycles. The summed E-state index contributed by atoms with van der Waals surface area (Å²) in [7, 11) is 0. The molecule has 7 nitrogen and oxygen atoms in total. The maximum atomic E-state index is 13.1. The van der Waals surface area contributed by atoms with E-state index in [9.17, 15) is 14.7 Å². The summed E-state index contributed by atoms with van der Waals surface area (Å²) in [5.74, 6) is -0.730. The molecule has 0 bridgehead atoms. The van der Waals surface area contributed by atoms with E-state index in [0.717, 1.165) is 18.2 Å². The maximum absolute atomic E-state index is 13.1. The first-order valence-electron chi connectivity index (χ1n) is 8.05. The molecule has 2 atom stereocenters. The Labute approximate surface area is 136 Å². The van der Waals surface area contributed by atoms with E-state index in [-0.39, 0.29) is 11.6 Å². The summed E-state index contributed by atoms with van der Waals surface area (Å²) in [6.45, 7) is 1.72. The molecule has 1 aliphatic carbocycles. The van der Waals surface area contributed by atoms with Crippen LogP contribution in [0.2, 0.25) is 0 Å². The molecule has 0 saturated heterocycles. The SMILES string of the molecule is Cc1onc2c1c(=O)n(C1CCCC(C(=O)O)C1)c1cnccc21. The van der Waals surface area contributed by atoms with Crippen LogP contribution in [0.5, 0.6) is 0 Å². The highest BCUT2D eigenvalue weighted by atomic mass is 16.5. The fourth-order valence-corrected chi connectivity index (χ4v) is 3.80. The number of nitrogens with zero attached hydrogens (tertiary/aromatic N) is 3.